The van der Waals surface area contributed by atoms with Crippen LogP contribution in [0.4, 0.5) is 5.69 Å². The van der Waals surface area contributed by atoms with Crippen LogP contribution in [0.1, 0.15) is 48.1 Å². The Labute approximate surface area is 148 Å². The highest BCUT2D eigenvalue weighted by Crippen LogP contribution is 2.22. The number of hydrogen-bond acceptors (Lipinski definition) is 3. The predicted molar refractivity (Wildman–Crippen MR) is 98.8 cm³/mol. The second-order valence-electron chi connectivity index (χ2n) is 7.23. The number of hydrogen-bond donors (Lipinski definition) is 2. The van der Waals surface area contributed by atoms with E-state index in [-0.39, 0.29) is 23.8 Å². The minimum Gasteiger partial charge on any atom is -0.343 e. The van der Waals surface area contributed by atoms with E-state index in [4.69, 9.17) is 0 Å². The molecule has 0 atom stereocenters. The van der Waals surface area contributed by atoms with Crippen LogP contribution in [0, 0.1) is 13.8 Å². The van der Waals surface area contributed by atoms with Gasteiger partial charge in [0.25, 0.3) is 5.91 Å². The summed E-state index contributed by atoms with van der Waals surface area (Å²) >= 11 is 0. The zero-order valence-electron chi connectivity index (χ0n) is 15.7. The summed E-state index contributed by atoms with van der Waals surface area (Å²) in [5.41, 5.74) is 4.04. The number of benzene rings is 1. The third-order valence-electron chi connectivity index (χ3n) is 4.20. The number of nitrogens with one attached hydrogen (secondary N) is 2. The summed E-state index contributed by atoms with van der Waals surface area (Å²) in [6.07, 6.45) is 0. The van der Waals surface area contributed by atoms with Crippen molar-refractivity contribution in [1.29, 1.82) is 0 Å². The first-order valence-corrected chi connectivity index (χ1v) is 8.28. The van der Waals surface area contributed by atoms with E-state index in [0.29, 0.717) is 11.3 Å². The van der Waals surface area contributed by atoms with E-state index in [0.717, 1.165) is 17.0 Å². The average molecular weight is 342 g/mol. The van der Waals surface area contributed by atoms with Crippen molar-refractivity contribution in [3.8, 4) is 0 Å². The minimum absolute atomic E-state index is 0.0360. The van der Waals surface area contributed by atoms with Crippen LogP contribution in [0.15, 0.2) is 24.3 Å². The average Bonchev–Trinajstić information content (AvgIpc) is 2.78. The Balaban J connectivity index is 1.94. The fraction of sp³-hybridized carbons (Fsp3) is 0.421. The van der Waals surface area contributed by atoms with Crippen molar-refractivity contribution in [2.45, 2.75) is 40.0 Å². The first-order chi connectivity index (χ1) is 11.6. The molecule has 0 unspecified atom stereocenters. The Morgan fingerprint density at radius 2 is 1.72 bits per heavy atom. The van der Waals surface area contributed by atoms with Crippen LogP contribution in [-0.4, -0.2) is 28.1 Å². The zero-order chi connectivity index (χ0) is 18.8. The van der Waals surface area contributed by atoms with Crippen LogP contribution >= 0.6 is 0 Å². The topological polar surface area (TPSA) is 76.0 Å². The van der Waals surface area contributed by atoms with Crippen LogP contribution in [0.2, 0.25) is 0 Å². The molecule has 0 aliphatic carbocycles. The molecule has 6 nitrogen and oxygen atoms in total. The van der Waals surface area contributed by atoms with Crippen LogP contribution < -0.4 is 10.6 Å². The monoisotopic (exact) mass is 342 g/mol. The Hall–Kier alpha value is -2.63. The van der Waals surface area contributed by atoms with Gasteiger partial charge in [-0.2, -0.15) is 5.10 Å². The van der Waals surface area contributed by atoms with Gasteiger partial charge >= 0.3 is 0 Å². The van der Waals surface area contributed by atoms with Gasteiger partial charge in [0.1, 0.15) is 0 Å². The van der Waals surface area contributed by atoms with Gasteiger partial charge in [0.05, 0.1) is 23.6 Å². The van der Waals surface area contributed by atoms with Gasteiger partial charge in [-0.25, -0.2) is 0 Å². The number of nitrogens with zero attached hydrogens (tertiary/aromatic N) is 2. The van der Waals surface area contributed by atoms with E-state index in [1.54, 1.807) is 16.8 Å². The maximum absolute atomic E-state index is 12.2. The molecule has 2 amide bonds. The highest BCUT2D eigenvalue weighted by Gasteiger charge is 2.16. The van der Waals surface area contributed by atoms with Gasteiger partial charge in [0.2, 0.25) is 5.91 Å². The third kappa shape index (κ3) is 4.47. The summed E-state index contributed by atoms with van der Waals surface area (Å²) in [5, 5.41) is 9.69. The number of aryl methyl sites for hydroxylation is 2. The van der Waals surface area contributed by atoms with Crippen molar-refractivity contribution in [2.24, 2.45) is 7.05 Å². The number of carbonyl (C=O) groups is 2. The molecule has 0 spiro atoms. The SMILES string of the molecule is Cc1nn(C)c(C)c1NC(=O)CNC(=O)c1ccc(C(C)(C)C)cc1. The fourth-order valence-electron chi connectivity index (χ4n) is 2.52. The van der Waals surface area contributed by atoms with Crippen molar-refractivity contribution < 1.29 is 9.59 Å². The van der Waals surface area contributed by atoms with E-state index >= 15 is 0 Å². The summed E-state index contributed by atoms with van der Waals surface area (Å²) in [7, 11) is 1.82. The molecule has 0 saturated heterocycles. The number of amides is 2. The summed E-state index contributed by atoms with van der Waals surface area (Å²) in [5.74, 6) is -0.547. The van der Waals surface area contributed by atoms with E-state index < -0.39 is 0 Å². The first kappa shape index (κ1) is 18.7. The maximum atomic E-state index is 12.2. The quantitative estimate of drug-likeness (QED) is 0.897. The highest BCUT2D eigenvalue weighted by atomic mass is 16.2. The second-order valence-corrected chi connectivity index (χ2v) is 7.23. The van der Waals surface area contributed by atoms with Gasteiger partial charge in [0, 0.05) is 12.6 Å². The molecule has 0 bridgehead atoms. The molecule has 0 aliphatic rings. The molecule has 2 aromatic rings. The van der Waals surface area contributed by atoms with Crippen LogP contribution in [-0.2, 0) is 17.3 Å². The molecule has 2 N–H and O–H groups in total. The molecule has 2 rings (SSSR count). The number of carbonyl (C=O) groups excluding carboxylic acids is 2. The van der Waals surface area contributed by atoms with E-state index in [1.807, 2.05) is 33.0 Å². The fourth-order valence-corrected chi connectivity index (χ4v) is 2.52. The van der Waals surface area contributed by atoms with E-state index in [9.17, 15) is 9.59 Å². The Morgan fingerprint density at radius 1 is 1.12 bits per heavy atom. The largest absolute Gasteiger partial charge is 0.343 e. The van der Waals surface area contributed by atoms with E-state index in [2.05, 4.69) is 36.5 Å². The zero-order valence-corrected chi connectivity index (χ0v) is 15.7. The molecular weight excluding hydrogens is 316 g/mol. The van der Waals surface area contributed by atoms with Gasteiger partial charge < -0.3 is 10.6 Å². The Kier molecular flexibility index (Phi) is 5.30. The molecule has 1 heterocycles. The molecule has 0 saturated carbocycles. The smallest absolute Gasteiger partial charge is 0.251 e. The number of anilines is 1. The standard InChI is InChI=1S/C19H26N4O2/c1-12-17(13(2)23(6)22-12)21-16(24)11-20-18(25)14-7-9-15(10-8-14)19(3,4)5/h7-10H,11H2,1-6H3,(H,20,25)(H,21,24). The van der Waals surface area contributed by atoms with E-state index in [1.165, 1.54) is 0 Å². The first-order valence-electron chi connectivity index (χ1n) is 8.28. The molecule has 0 aliphatic heterocycles. The molecule has 0 fully saturated rings. The van der Waals surface area contributed by atoms with Gasteiger partial charge in [-0.3, -0.25) is 14.3 Å². The minimum atomic E-state index is -0.279. The van der Waals surface area contributed by atoms with Crippen molar-refractivity contribution in [3.05, 3.63) is 46.8 Å². The highest BCUT2D eigenvalue weighted by molar-refractivity contribution is 5.99. The van der Waals surface area contributed by atoms with Crippen LogP contribution in [0.25, 0.3) is 0 Å². The number of rotatable bonds is 4. The lowest BCUT2D eigenvalue weighted by Gasteiger charge is -2.19. The lowest BCUT2D eigenvalue weighted by molar-refractivity contribution is -0.115. The summed E-state index contributed by atoms with van der Waals surface area (Å²) in [6.45, 7) is 9.98. The molecule has 6 heteroatoms. The van der Waals surface area contributed by atoms with Crippen LogP contribution in [0.5, 0.6) is 0 Å². The maximum Gasteiger partial charge on any atom is 0.251 e. The molecule has 0 radical (unpaired) electrons. The third-order valence-corrected chi connectivity index (χ3v) is 4.20. The Bertz CT molecular complexity index is 783. The summed E-state index contributed by atoms with van der Waals surface area (Å²) < 4.78 is 1.71. The molecule has 25 heavy (non-hydrogen) atoms. The van der Waals surface area contributed by atoms with Crippen molar-refractivity contribution in [2.75, 3.05) is 11.9 Å². The van der Waals surface area contributed by atoms with Gasteiger partial charge in [-0.05, 0) is 37.0 Å². The normalized spacial score (nSPS) is 11.3. The van der Waals surface area contributed by atoms with Crippen molar-refractivity contribution in [3.63, 3.8) is 0 Å². The predicted octanol–water partition coefficient (Wildman–Crippen LogP) is 2.70. The molecule has 1 aromatic carbocycles. The molecular formula is C19H26N4O2. The van der Waals surface area contributed by atoms with Crippen molar-refractivity contribution >= 4 is 17.5 Å². The van der Waals surface area contributed by atoms with Crippen LogP contribution in [0.3, 0.4) is 0 Å². The summed E-state index contributed by atoms with van der Waals surface area (Å²) in [6, 6.07) is 7.45. The lowest BCUT2D eigenvalue weighted by atomic mass is 9.87. The Morgan fingerprint density at radius 3 is 2.20 bits per heavy atom. The molecule has 134 valence electrons. The van der Waals surface area contributed by atoms with Gasteiger partial charge in [-0.15, -0.1) is 0 Å². The summed E-state index contributed by atoms with van der Waals surface area (Å²) in [4.78, 5) is 24.3. The van der Waals surface area contributed by atoms with Gasteiger partial charge in [0.15, 0.2) is 0 Å². The number of aromatic nitrogens is 2. The van der Waals surface area contributed by atoms with Crippen molar-refractivity contribution in [1.82, 2.24) is 15.1 Å². The van der Waals surface area contributed by atoms with Gasteiger partial charge in [-0.1, -0.05) is 32.9 Å². The molecule has 1 aromatic heterocycles. The second kappa shape index (κ2) is 7.09. The lowest BCUT2D eigenvalue weighted by Crippen LogP contribution is -2.33.